The minimum absolute atomic E-state index is 0.193. The van der Waals surface area contributed by atoms with Crippen LogP contribution in [0.15, 0.2) is 24.3 Å². The Morgan fingerprint density at radius 2 is 2.00 bits per heavy atom. The van der Waals surface area contributed by atoms with Crippen LogP contribution in [0.3, 0.4) is 0 Å². The van der Waals surface area contributed by atoms with Gasteiger partial charge in [0.15, 0.2) is 0 Å². The highest BCUT2D eigenvalue weighted by Gasteiger charge is 2.24. The van der Waals surface area contributed by atoms with Crippen molar-refractivity contribution in [2.24, 2.45) is 11.8 Å². The van der Waals surface area contributed by atoms with Gasteiger partial charge in [-0.05, 0) is 43.2 Å². The Balaban J connectivity index is 1.77. The summed E-state index contributed by atoms with van der Waals surface area (Å²) in [6, 6.07) is 6.61. The van der Waals surface area contributed by atoms with Crippen molar-refractivity contribution >= 4 is 11.6 Å². The van der Waals surface area contributed by atoms with Crippen LogP contribution < -0.4 is 10.6 Å². The molecule has 0 bridgehead atoms. The maximum atomic E-state index is 13.4. The fraction of sp³-hybridized carbons (Fsp3) is 0.562. The Hall–Kier alpha value is -1.42. The van der Waals surface area contributed by atoms with E-state index in [2.05, 4.69) is 24.5 Å². The molecule has 1 aromatic rings. The molecular weight excluding hydrogens is 255 g/mol. The molecule has 1 amide bonds. The van der Waals surface area contributed by atoms with E-state index in [0.717, 1.165) is 18.8 Å². The van der Waals surface area contributed by atoms with E-state index in [1.54, 1.807) is 18.2 Å². The molecule has 0 saturated heterocycles. The number of hydrogen-bond donors (Lipinski definition) is 2. The van der Waals surface area contributed by atoms with Crippen LogP contribution in [0.1, 0.15) is 33.1 Å². The average molecular weight is 278 g/mol. The Kier molecular flexibility index (Phi) is 5.12. The van der Waals surface area contributed by atoms with E-state index in [9.17, 15) is 9.18 Å². The zero-order chi connectivity index (χ0) is 14.5. The first-order valence-corrected chi connectivity index (χ1v) is 7.34. The molecule has 1 aliphatic rings. The SMILES string of the molecule is CC1CCC(NCC(=O)Nc2ccccc2F)CC1C. The van der Waals surface area contributed by atoms with Crippen LogP contribution in [0.25, 0.3) is 0 Å². The van der Waals surface area contributed by atoms with E-state index in [1.807, 2.05) is 0 Å². The van der Waals surface area contributed by atoms with Crippen molar-refractivity contribution in [2.45, 2.75) is 39.2 Å². The average Bonchev–Trinajstić information content (AvgIpc) is 2.43. The van der Waals surface area contributed by atoms with Crippen LogP contribution in [0, 0.1) is 17.7 Å². The summed E-state index contributed by atoms with van der Waals surface area (Å²) in [5.74, 6) is 0.860. The lowest BCUT2D eigenvalue weighted by Gasteiger charge is -2.32. The molecule has 3 nitrogen and oxygen atoms in total. The van der Waals surface area contributed by atoms with Gasteiger partial charge in [0.2, 0.25) is 5.91 Å². The molecule has 0 aliphatic heterocycles. The van der Waals surface area contributed by atoms with Gasteiger partial charge in [-0.1, -0.05) is 26.0 Å². The minimum Gasteiger partial charge on any atom is -0.322 e. The number of para-hydroxylation sites is 1. The molecule has 1 aliphatic carbocycles. The number of hydrogen-bond acceptors (Lipinski definition) is 2. The van der Waals surface area contributed by atoms with Crippen LogP contribution in [0.5, 0.6) is 0 Å². The summed E-state index contributed by atoms with van der Waals surface area (Å²) in [6.07, 6.45) is 3.42. The first-order chi connectivity index (χ1) is 9.56. The lowest BCUT2D eigenvalue weighted by Crippen LogP contribution is -2.40. The molecular formula is C16H23FN2O. The molecule has 1 aromatic carbocycles. The molecule has 0 spiro atoms. The van der Waals surface area contributed by atoms with Crippen LogP contribution in [0.4, 0.5) is 10.1 Å². The summed E-state index contributed by atoms with van der Waals surface area (Å²) >= 11 is 0. The zero-order valence-electron chi connectivity index (χ0n) is 12.2. The summed E-state index contributed by atoms with van der Waals surface area (Å²) in [7, 11) is 0. The van der Waals surface area contributed by atoms with E-state index in [1.165, 1.54) is 12.5 Å². The van der Waals surface area contributed by atoms with Crippen molar-refractivity contribution < 1.29 is 9.18 Å². The number of anilines is 1. The standard InChI is InChI=1S/C16H23FN2O/c1-11-7-8-13(9-12(11)2)18-10-16(20)19-15-6-4-3-5-14(15)17/h3-6,11-13,18H,7-10H2,1-2H3,(H,19,20). The number of nitrogens with one attached hydrogen (secondary N) is 2. The second-order valence-corrected chi connectivity index (χ2v) is 5.87. The third-order valence-electron chi connectivity index (χ3n) is 4.30. The lowest BCUT2D eigenvalue weighted by atomic mass is 9.79. The van der Waals surface area contributed by atoms with Crippen LogP contribution in [0.2, 0.25) is 0 Å². The molecule has 1 saturated carbocycles. The molecule has 2 rings (SSSR count). The number of carbonyl (C=O) groups excluding carboxylic acids is 1. The van der Waals surface area contributed by atoms with Crippen molar-refractivity contribution in [1.82, 2.24) is 5.32 Å². The first kappa shape index (κ1) is 15.0. The molecule has 3 atom stereocenters. The normalized spacial score (nSPS) is 26.2. The summed E-state index contributed by atoms with van der Waals surface area (Å²) in [4.78, 5) is 11.8. The quantitative estimate of drug-likeness (QED) is 0.888. The topological polar surface area (TPSA) is 41.1 Å². The molecule has 4 heteroatoms. The van der Waals surface area contributed by atoms with Gasteiger partial charge in [0, 0.05) is 6.04 Å². The molecule has 3 unspecified atom stereocenters. The van der Waals surface area contributed by atoms with Crippen molar-refractivity contribution in [3.05, 3.63) is 30.1 Å². The maximum absolute atomic E-state index is 13.4. The smallest absolute Gasteiger partial charge is 0.238 e. The third-order valence-corrected chi connectivity index (χ3v) is 4.30. The van der Waals surface area contributed by atoms with Crippen molar-refractivity contribution in [2.75, 3.05) is 11.9 Å². The summed E-state index contributed by atoms with van der Waals surface area (Å²) < 4.78 is 13.4. The van der Waals surface area contributed by atoms with E-state index in [-0.39, 0.29) is 18.1 Å². The highest BCUT2D eigenvalue weighted by molar-refractivity contribution is 5.92. The molecule has 0 radical (unpaired) electrons. The Morgan fingerprint density at radius 1 is 1.25 bits per heavy atom. The minimum atomic E-state index is -0.402. The summed E-state index contributed by atoms with van der Waals surface area (Å²) in [5.41, 5.74) is 0.241. The largest absolute Gasteiger partial charge is 0.322 e. The molecule has 110 valence electrons. The number of halogens is 1. The van der Waals surface area contributed by atoms with E-state index in [4.69, 9.17) is 0 Å². The third kappa shape index (κ3) is 4.04. The Morgan fingerprint density at radius 3 is 2.70 bits per heavy atom. The number of rotatable bonds is 4. The number of carbonyl (C=O) groups is 1. The highest BCUT2D eigenvalue weighted by Crippen LogP contribution is 2.29. The fourth-order valence-electron chi connectivity index (χ4n) is 2.73. The molecule has 0 aromatic heterocycles. The van der Waals surface area contributed by atoms with Crippen molar-refractivity contribution in [1.29, 1.82) is 0 Å². The summed E-state index contributed by atoms with van der Waals surface area (Å²) in [6.45, 7) is 4.78. The van der Waals surface area contributed by atoms with Gasteiger partial charge in [-0.3, -0.25) is 4.79 Å². The second kappa shape index (κ2) is 6.84. The number of benzene rings is 1. The second-order valence-electron chi connectivity index (χ2n) is 5.87. The Labute approximate surface area is 120 Å². The zero-order valence-corrected chi connectivity index (χ0v) is 12.2. The van der Waals surface area contributed by atoms with E-state index < -0.39 is 5.82 Å². The van der Waals surface area contributed by atoms with Gasteiger partial charge in [0.05, 0.1) is 12.2 Å². The van der Waals surface area contributed by atoms with Gasteiger partial charge < -0.3 is 10.6 Å². The maximum Gasteiger partial charge on any atom is 0.238 e. The van der Waals surface area contributed by atoms with Gasteiger partial charge in [0.1, 0.15) is 5.82 Å². The first-order valence-electron chi connectivity index (χ1n) is 7.34. The van der Waals surface area contributed by atoms with Crippen LogP contribution >= 0.6 is 0 Å². The predicted octanol–water partition coefficient (Wildman–Crippen LogP) is 3.18. The van der Waals surface area contributed by atoms with Crippen molar-refractivity contribution in [3.8, 4) is 0 Å². The van der Waals surface area contributed by atoms with E-state index in [0.29, 0.717) is 12.0 Å². The van der Waals surface area contributed by atoms with Gasteiger partial charge in [-0.15, -0.1) is 0 Å². The number of amides is 1. The molecule has 1 fully saturated rings. The van der Waals surface area contributed by atoms with Gasteiger partial charge >= 0.3 is 0 Å². The van der Waals surface area contributed by atoms with Gasteiger partial charge in [-0.25, -0.2) is 4.39 Å². The Bertz CT molecular complexity index is 464. The monoisotopic (exact) mass is 278 g/mol. The van der Waals surface area contributed by atoms with Gasteiger partial charge in [0.25, 0.3) is 0 Å². The molecule has 2 N–H and O–H groups in total. The van der Waals surface area contributed by atoms with Crippen LogP contribution in [-0.4, -0.2) is 18.5 Å². The molecule has 0 heterocycles. The summed E-state index contributed by atoms with van der Waals surface area (Å²) in [5, 5.41) is 5.87. The van der Waals surface area contributed by atoms with Gasteiger partial charge in [-0.2, -0.15) is 0 Å². The van der Waals surface area contributed by atoms with E-state index >= 15 is 0 Å². The van der Waals surface area contributed by atoms with Crippen LogP contribution in [-0.2, 0) is 4.79 Å². The predicted molar refractivity (Wildman–Crippen MR) is 79.0 cm³/mol. The van der Waals surface area contributed by atoms with Crippen molar-refractivity contribution in [3.63, 3.8) is 0 Å². The fourth-order valence-corrected chi connectivity index (χ4v) is 2.73. The molecule has 20 heavy (non-hydrogen) atoms. The highest BCUT2D eigenvalue weighted by atomic mass is 19.1. The lowest BCUT2D eigenvalue weighted by molar-refractivity contribution is -0.115.